The monoisotopic (exact) mass is 378 g/mol. The number of aliphatic hydroxyl groups excluding tert-OH is 2. The van der Waals surface area contributed by atoms with Crippen molar-refractivity contribution in [2.45, 2.75) is 71.0 Å². The molecule has 2 saturated carbocycles. The lowest BCUT2D eigenvalue weighted by Gasteiger charge is -2.16. The van der Waals surface area contributed by atoms with E-state index in [1.165, 1.54) is 5.57 Å². The maximum absolute atomic E-state index is 10.5. The van der Waals surface area contributed by atoms with E-state index < -0.39 is 18.2 Å². The zero-order chi connectivity index (χ0) is 19.8. The molecule has 0 aromatic carbocycles. The average molecular weight is 379 g/mol. The van der Waals surface area contributed by atoms with Gasteiger partial charge in [0.2, 0.25) is 0 Å². The first-order chi connectivity index (χ1) is 12.9. The molecule has 0 heterocycles. The Morgan fingerprint density at radius 2 is 2.19 bits per heavy atom. The van der Waals surface area contributed by atoms with E-state index in [2.05, 4.69) is 24.8 Å². The van der Waals surface area contributed by atoms with Crippen molar-refractivity contribution in [1.82, 2.24) is 0 Å². The molecular formula is C22H34O5. The molecule has 2 rings (SSSR count). The van der Waals surface area contributed by atoms with E-state index >= 15 is 0 Å². The van der Waals surface area contributed by atoms with Crippen LogP contribution in [0.5, 0.6) is 0 Å². The van der Waals surface area contributed by atoms with Crippen LogP contribution in [0.3, 0.4) is 0 Å². The molecule has 0 aromatic heterocycles. The van der Waals surface area contributed by atoms with Crippen LogP contribution in [0, 0.1) is 35.5 Å². The molecule has 5 heteroatoms. The highest BCUT2D eigenvalue weighted by molar-refractivity contribution is 5.66. The van der Waals surface area contributed by atoms with Crippen LogP contribution in [0.1, 0.15) is 58.8 Å². The molecule has 0 saturated heterocycles. The van der Waals surface area contributed by atoms with Gasteiger partial charge in [0.25, 0.3) is 0 Å². The Balaban J connectivity index is 1.82. The zero-order valence-electron chi connectivity index (χ0n) is 16.6. The minimum absolute atomic E-state index is 0.0548. The molecule has 2 fully saturated rings. The predicted octanol–water partition coefficient (Wildman–Crippen LogP) is 3.00. The van der Waals surface area contributed by atoms with Crippen molar-refractivity contribution in [2.75, 3.05) is 13.2 Å². The average Bonchev–Trinajstić information content (AvgIpc) is 3.12. The van der Waals surface area contributed by atoms with E-state index in [9.17, 15) is 15.0 Å². The second kappa shape index (κ2) is 10.8. The molecule has 2 aliphatic carbocycles. The third-order valence-corrected chi connectivity index (χ3v) is 5.90. The normalized spacial score (nSPS) is 30.6. The number of allylic oxidation sites excluding steroid dienone is 1. The summed E-state index contributed by atoms with van der Waals surface area (Å²) in [5.41, 5.74) is 1.35. The number of hydrogen-bond acceptors (Lipinski definition) is 4. The molecule has 0 radical (unpaired) electrons. The molecule has 5 nitrogen and oxygen atoms in total. The summed E-state index contributed by atoms with van der Waals surface area (Å²) in [6.07, 6.45) is 6.44. The Bertz CT molecular complexity index is 573. The number of carboxylic acid groups (broad SMARTS) is 1. The van der Waals surface area contributed by atoms with Crippen LogP contribution in [0.15, 0.2) is 11.6 Å². The molecule has 0 amide bonds. The van der Waals surface area contributed by atoms with Gasteiger partial charge in [0.1, 0.15) is 6.10 Å². The fraction of sp³-hybridized carbons (Fsp3) is 0.773. The topological polar surface area (TPSA) is 87.0 Å². The Kier molecular flexibility index (Phi) is 8.82. The van der Waals surface area contributed by atoms with Gasteiger partial charge in [-0.15, -0.1) is 0 Å². The van der Waals surface area contributed by atoms with Crippen LogP contribution in [-0.4, -0.2) is 46.7 Å². The summed E-state index contributed by atoms with van der Waals surface area (Å²) < 4.78 is 5.49. The van der Waals surface area contributed by atoms with Crippen molar-refractivity contribution in [3.8, 4) is 11.8 Å². The Morgan fingerprint density at radius 3 is 2.89 bits per heavy atom. The van der Waals surface area contributed by atoms with Gasteiger partial charge in [-0.25, -0.2) is 0 Å². The Hall–Kier alpha value is -1.35. The minimum atomic E-state index is -0.791. The zero-order valence-corrected chi connectivity index (χ0v) is 16.6. The lowest BCUT2D eigenvalue weighted by atomic mass is 9.90. The molecular weight excluding hydrogens is 344 g/mol. The van der Waals surface area contributed by atoms with Gasteiger partial charge >= 0.3 is 5.97 Å². The third kappa shape index (κ3) is 6.64. The fourth-order valence-corrected chi connectivity index (χ4v) is 4.35. The highest BCUT2D eigenvalue weighted by Gasteiger charge is 2.45. The summed E-state index contributed by atoms with van der Waals surface area (Å²) in [5.74, 6) is 6.33. The van der Waals surface area contributed by atoms with Crippen molar-refractivity contribution >= 4 is 5.97 Å². The molecule has 27 heavy (non-hydrogen) atoms. The standard InChI is InChI=1S/C22H34O5/c1-3-5-15(2)20(23)8-7-18-19-13-16(12-17(19)14-21(18)24)9-11-27-10-4-6-22(25)26/h9,15,17-21,23-24H,3-6,10-14H2,1-2H3,(H,25,26)/b16-9+/t15-,17-,18+,19-,20+,21+/m0/s1. The number of aliphatic carboxylic acids is 1. The number of carbonyl (C=O) groups is 1. The van der Waals surface area contributed by atoms with Gasteiger partial charge in [0.05, 0.1) is 12.7 Å². The van der Waals surface area contributed by atoms with E-state index in [0.717, 1.165) is 32.1 Å². The first-order valence-corrected chi connectivity index (χ1v) is 10.3. The molecule has 0 aromatic rings. The molecule has 3 N–H and O–H groups in total. The second-order valence-corrected chi connectivity index (χ2v) is 8.10. The highest BCUT2D eigenvalue weighted by atomic mass is 16.5. The number of rotatable bonds is 9. The van der Waals surface area contributed by atoms with Gasteiger partial charge in [0, 0.05) is 18.9 Å². The van der Waals surface area contributed by atoms with Crippen molar-refractivity contribution in [2.24, 2.45) is 23.7 Å². The number of ether oxygens (including phenoxy) is 1. The van der Waals surface area contributed by atoms with Crippen molar-refractivity contribution < 1.29 is 24.9 Å². The summed E-state index contributed by atoms with van der Waals surface area (Å²) in [6, 6.07) is 0. The van der Waals surface area contributed by atoms with E-state index in [0.29, 0.717) is 31.5 Å². The van der Waals surface area contributed by atoms with Gasteiger partial charge < -0.3 is 20.1 Å². The van der Waals surface area contributed by atoms with Gasteiger partial charge in [-0.1, -0.05) is 43.8 Å². The first kappa shape index (κ1) is 21.9. The lowest BCUT2D eigenvalue weighted by molar-refractivity contribution is -0.137. The smallest absolute Gasteiger partial charge is 0.303 e. The Morgan fingerprint density at radius 1 is 1.41 bits per heavy atom. The first-order valence-electron chi connectivity index (χ1n) is 10.3. The summed E-state index contributed by atoms with van der Waals surface area (Å²) in [4.78, 5) is 10.5. The third-order valence-electron chi connectivity index (χ3n) is 5.90. The predicted molar refractivity (Wildman–Crippen MR) is 104 cm³/mol. The number of aliphatic hydroxyl groups is 2. The summed E-state index contributed by atoms with van der Waals surface area (Å²) in [7, 11) is 0. The molecule has 0 bridgehead atoms. The number of carboxylic acids is 1. The number of fused-ring (bicyclic) bond motifs is 1. The SMILES string of the molecule is CCC[C@H](C)[C@H](O)C#C[C@@H]1[C@H]2C/C(=C/COCCCC(=O)O)C[C@H]2C[C@H]1O. The molecule has 0 aliphatic heterocycles. The second-order valence-electron chi connectivity index (χ2n) is 8.10. The van der Waals surface area contributed by atoms with Gasteiger partial charge in [-0.2, -0.15) is 0 Å². The van der Waals surface area contributed by atoms with Crippen LogP contribution >= 0.6 is 0 Å². The largest absolute Gasteiger partial charge is 0.481 e. The van der Waals surface area contributed by atoms with Crippen molar-refractivity contribution in [3.05, 3.63) is 11.6 Å². The van der Waals surface area contributed by atoms with Crippen molar-refractivity contribution in [1.29, 1.82) is 0 Å². The summed E-state index contributed by atoms with van der Waals surface area (Å²) >= 11 is 0. The van der Waals surface area contributed by atoms with Gasteiger partial charge in [-0.3, -0.25) is 4.79 Å². The van der Waals surface area contributed by atoms with Crippen LogP contribution in [0.2, 0.25) is 0 Å². The van der Waals surface area contributed by atoms with E-state index in [4.69, 9.17) is 9.84 Å². The number of hydrogen-bond donors (Lipinski definition) is 3. The maximum atomic E-state index is 10.5. The highest BCUT2D eigenvalue weighted by Crippen LogP contribution is 2.49. The van der Waals surface area contributed by atoms with Gasteiger partial charge in [-0.05, 0) is 49.9 Å². The van der Waals surface area contributed by atoms with Crippen LogP contribution in [0.4, 0.5) is 0 Å². The minimum Gasteiger partial charge on any atom is -0.481 e. The van der Waals surface area contributed by atoms with Crippen molar-refractivity contribution in [3.63, 3.8) is 0 Å². The molecule has 0 spiro atoms. The van der Waals surface area contributed by atoms with E-state index in [1.54, 1.807) is 0 Å². The van der Waals surface area contributed by atoms with Crippen LogP contribution in [-0.2, 0) is 9.53 Å². The Labute approximate surface area is 162 Å². The van der Waals surface area contributed by atoms with Gasteiger partial charge in [0.15, 0.2) is 0 Å². The molecule has 0 unspecified atom stereocenters. The fourth-order valence-electron chi connectivity index (χ4n) is 4.35. The molecule has 152 valence electrons. The summed E-state index contributed by atoms with van der Waals surface area (Å²) in [6.45, 7) is 5.10. The van der Waals surface area contributed by atoms with E-state index in [1.807, 2.05) is 6.92 Å². The molecule has 6 atom stereocenters. The van der Waals surface area contributed by atoms with Crippen LogP contribution < -0.4 is 0 Å². The molecule has 2 aliphatic rings. The van der Waals surface area contributed by atoms with Crippen LogP contribution in [0.25, 0.3) is 0 Å². The van der Waals surface area contributed by atoms with E-state index in [-0.39, 0.29) is 18.3 Å². The lowest BCUT2D eigenvalue weighted by Crippen LogP contribution is -2.20. The summed E-state index contributed by atoms with van der Waals surface area (Å²) in [5, 5.41) is 29.2. The quantitative estimate of drug-likeness (QED) is 0.326. The maximum Gasteiger partial charge on any atom is 0.303 e.